The molecule has 1 aliphatic rings. The maximum Gasteiger partial charge on any atom is 0.416 e. The maximum absolute atomic E-state index is 13.4. The quantitative estimate of drug-likeness (QED) is 0.379. The van der Waals surface area contributed by atoms with E-state index in [1.54, 1.807) is 39.0 Å². The number of fused-ring (bicyclic) bond motifs is 1. The van der Waals surface area contributed by atoms with E-state index in [1.807, 2.05) is 0 Å². The fraction of sp³-hybridized carbons (Fsp3) is 0.480. The highest BCUT2D eigenvalue weighted by Crippen LogP contribution is 2.37. The molecule has 0 radical (unpaired) electrons. The zero-order chi connectivity index (χ0) is 28.5. The summed E-state index contributed by atoms with van der Waals surface area (Å²) in [6, 6.07) is 5.66. The maximum atomic E-state index is 13.4. The van der Waals surface area contributed by atoms with Crippen molar-refractivity contribution < 1.29 is 44.3 Å². The van der Waals surface area contributed by atoms with Gasteiger partial charge in [-0.25, -0.2) is 26.4 Å². The van der Waals surface area contributed by atoms with E-state index >= 15 is 0 Å². The minimum absolute atomic E-state index is 0.347. The smallest absolute Gasteiger partial charge is 0.416 e. The van der Waals surface area contributed by atoms with Gasteiger partial charge in [0.2, 0.25) is 10.0 Å². The molecule has 1 aliphatic carbocycles. The van der Waals surface area contributed by atoms with E-state index in [4.69, 9.17) is 9.47 Å². The number of nitrogens with one attached hydrogen (secondary N) is 1. The number of sulfone groups is 1. The van der Waals surface area contributed by atoms with Crippen LogP contribution in [0.15, 0.2) is 46.2 Å². The summed E-state index contributed by atoms with van der Waals surface area (Å²) in [5, 5.41) is 0. The van der Waals surface area contributed by atoms with Crippen molar-refractivity contribution in [3.05, 3.63) is 53.1 Å². The van der Waals surface area contributed by atoms with Crippen molar-refractivity contribution in [2.45, 2.75) is 74.1 Å². The molecule has 8 nitrogen and oxygen atoms in total. The Balaban J connectivity index is 1.95. The molecule has 13 heteroatoms. The second kappa shape index (κ2) is 10.9. The van der Waals surface area contributed by atoms with Crippen LogP contribution in [0.4, 0.5) is 13.2 Å². The van der Waals surface area contributed by atoms with Crippen LogP contribution < -0.4 is 9.46 Å². The van der Waals surface area contributed by atoms with E-state index in [0.717, 1.165) is 0 Å². The molecule has 1 atom stereocenters. The van der Waals surface area contributed by atoms with Crippen molar-refractivity contribution in [2.24, 2.45) is 0 Å². The van der Waals surface area contributed by atoms with Gasteiger partial charge in [-0.1, -0.05) is 18.6 Å². The third-order valence-corrected chi connectivity index (χ3v) is 8.27. The Labute approximate surface area is 220 Å². The lowest BCUT2D eigenvalue weighted by molar-refractivity contribution is -0.157. The Morgan fingerprint density at radius 2 is 1.68 bits per heavy atom. The molecule has 0 aromatic heterocycles. The van der Waals surface area contributed by atoms with Gasteiger partial charge in [-0.05, 0) is 75.4 Å². The molecule has 0 heterocycles. The number of ether oxygens (including phenoxy) is 2. The zero-order valence-electron chi connectivity index (χ0n) is 21.4. The number of carbonyl (C=O) groups excluding carboxylic acids is 1. The van der Waals surface area contributed by atoms with Gasteiger partial charge in [0.25, 0.3) is 0 Å². The third kappa shape index (κ3) is 7.70. The highest BCUT2D eigenvalue weighted by molar-refractivity contribution is 7.91. The Hall–Kier alpha value is -2.64. The number of benzene rings is 2. The minimum atomic E-state index is -4.96. The van der Waals surface area contributed by atoms with Crippen LogP contribution >= 0.6 is 0 Å². The normalized spacial score (nSPS) is 16.9. The van der Waals surface area contributed by atoms with E-state index < -0.39 is 59.0 Å². The zero-order valence-corrected chi connectivity index (χ0v) is 23.0. The van der Waals surface area contributed by atoms with E-state index in [9.17, 15) is 34.8 Å². The van der Waals surface area contributed by atoms with Crippen LogP contribution in [0.5, 0.6) is 5.75 Å². The summed E-state index contributed by atoms with van der Waals surface area (Å²) in [6.07, 6.45) is -2.10. The van der Waals surface area contributed by atoms with Crippen molar-refractivity contribution in [3.63, 3.8) is 0 Å². The second-order valence-corrected chi connectivity index (χ2v) is 13.8. The van der Waals surface area contributed by atoms with Gasteiger partial charge in [0.1, 0.15) is 11.4 Å². The van der Waals surface area contributed by atoms with Gasteiger partial charge in [-0.3, -0.25) is 0 Å². The van der Waals surface area contributed by atoms with Gasteiger partial charge in [-0.15, -0.1) is 0 Å². The molecule has 38 heavy (non-hydrogen) atoms. The van der Waals surface area contributed by atoms with Gasteiger partial charge in [-0.2, -0.15) is 13.2 Å². The Morgan fingerprint density at radius 3 is 2.29 bits per heavy atom. The van der Waals surface area contributed by atoms with Crippen LogP contribution in [0, 0.1) is 0 Å². The molecule has 0 bridgehead atoms. The first kappa shape index (κ1) is 29.9. The first-order valence-corrected chi connectivity index (χ1v) is 15.2. The lowest BCUT2D eigenvalue weighted by Crippen LogP contribution is -2.29. The molecule has 0 aliphatic heterocycles. The van der Waals surface area contributed by atoms with Gasteiger partial charge in [0.15, 0.2) is 16.4 Å². The third-order valence-electron chi connectivity index (χ3n) is 5.72. The molecule has 0 saturated heterocycles. The monoisotopic (exact) mass is 577 g/mol. The van der Waals surface area contributed by atoms with Crippen molar-refractivity contribution in [1.82, 2.24) is 4.72 Å². The average Bonchev–Trinajstić information content (AvgIpc) is 2.97. The first-order valence-electron chi connectivity index (χ1n) is 11.8. The van der Waals surface area contributed by atoms with Gasteiger partial charge < -0.3 is 9.47 Å². The number of esters is 1. The summed E-state index contributed by atoms with van der Waals surface area (Å²) in [6.45, 7) is 4.81. The summed E-state index contributed by atoms with van der Waals surface area (Å²) in [5.74, 6) is -0.204. The molecule has 210 valence electrons. The highest BCUT2D eigenvalue weighted by Gasteiger charge is 2.35. The molecule has 0 saturated carbocycles. The summed E-state index contributed by atoms with van der Waals surface area (Å²) in [7, 11) is -8.71. The van der Waals surface area contributed by atoms with Crippen molar-refractivity contribution in [3.8, 4) is 5.75 Å². The Morgan fingerprint density at radius 1 is 1.03 bits per heavy atom. The van der Waals surface area contributed by atoms with Crippen LogP contribution in [0.2, 0.25) is 0 Å². The fourth-order valence-electron chi connectivity index (χ4n) is 4.11. The fourth-order valence-corrected chi connectivity index (χ4v) is 6.18. The standard InChI is InChI=1S/C25H30F3NO7S2/c1-24(2,3)36-23(30)15-35-22-11-7-9-19-20(22)8-5-6-10-21(19)29-38(33,34)18-13-16(25(26,27)28)12-17(14-18)37(4,31)32/h7,9,11-14,21,29H,5-6,8,10,15H2,1-4H3. The lowest BCUT2D eigenvalue weighted by Gasteiger charge is -2.22. The van der Waals surface area contributed by atoms with Crippen LogP contribution in [0.3, 0.4) is 0 Å². The average molecular weight is 578 g/mol. The molecule has 1 unspecified atom stereocenters. The number of halogens is 3. The number of carbonyl (C=O) groups is 1. The number of hydrogen-bond donors (Lipinski definition) is 1. The summed E-state index contributed by atoms with van der Waals surface area (Å²) in [5.41, 5.74) is -0.859. The highest BCUT2D eigenvalue weighted by atomic mass is 32.2. The molecule has 0 fully saturated rings. The van der Waals surface area contributed by atoms with Crippen molar-refractivity contribution in [1.29, 1.82) is 0 Å². The molecule has 2 aromatic rings. The van der Waals surface area contributed by atoms with E-state index in [0.29, 0.717) is 67.0 Å². The molecule has 3 rings (SSSR count). The number of alkyl halides is 3. The summed E-state index contributed by atoms with van der Waals surface area (Å²) >= 11 is 0. The van der Waals surface area contributed by atoms with Crippen molar-refractivity contribution >= 4 is 25.8 Å². The number of rotatable bonds is 7. The first-order chi connectivity index (χ1) is 17.4. The molecular formula is C25H30F3NO7S2. The number of sulfonamides is 1. The van der Waals surface area contributed by atoms with Gasteiger partial charge >= 0.3 is 12.1 Å². The van der Waals surface area contributed by atoms with Crippen LogP contribution in [-0.2, 0) is 42.0 Å². The molecular weight excluding hydrogens is 547 g/mol. The van der Waals surface area contributed by atoms with E-state index in [1.165, 1.54) is 0 Å². The summed E-state index contributed by atoms with van der Waals surface area (Å²) < 4.78 is 104. The topological polar surface area (TPSA) is 116 Å². The van der Waals surface area contributed by atoms with Crippen LogP contribution in [0.25, 0.3) is 0 Å². The SMILES string of the molecule is CC(C)(C)OC(=O)COc1cccc2c1CCCCC2NS(=O)(=O)c1cc(C(F)(F)F)cc(S(C)(=O)=O)c1. The van der Waals surface area contributed by atoms with Crippen molar-refractivity contribution in [2.75, 3.05) is 12.9 Å². The second-order valence-electron chi connectivity index (χ2n) is 10.1. The summed E-state index contributed by atoms with van der Waals surface area (Å²) in [4.78, 5) is 10.5. The molecule has 2 aromatic carbocycles. The van der Waals surface area contributed by atoms with Gasteiger partial charge in [0.05, 0.1) is 15.4 Å². The predicted molar refractivity (Wildman–Crippen MR) is 133 cm³/mol. The van der Waals surface area contributed by atoms with Crippen LogP contribution in [-0.4, -0.2) is 41.3 Å². The Bertz CT molecular complexity index is 1410. The Kier molecular flexibility index (Phi) is 8.54. The van der Waals surface area contributed by atoms with Gasteiger partial charge in [0, 0.05) is 12.3 Å². The molecule has 0 spiro atoms. The lowest BCUT2D eigenvalue weighted by atomic mass is 9.99. The predicted octanol–water partition coefficient (Wildman–Crippen LogP) is 4.58. The van der Waals surface area contributed by atoms with Crippen LogP contribution in [0.1, 0.15) is 62.8 Å². The molecule has 0 amide bonds. The molecule has 1 N–H and O–H groups in total. The van der Waals surface area contributed by atoms with E-state index in [-0.39, 0.29) is 6.61 Å². The number of hydrogen-bond acceptors (Lipinski definition) is 7. The van der Waals surface area contributed by atoms with E-state index in [2.05, 4.69) is 4.72 Å². The minimum Gasteiger partial charge on any atom is -0.482 e. The largest absolute Gasteiger partial charge is 0.482 e.